The van der Waals surface area contributed by atoms with Crippen LogP contribution in [0, 0.1) is 6.92 Å². The van der Waals surface area contributed by atoms with Crippen LogP contribution in [0.4, 0.5) is 0 Å². The van der Waals surface area contributed by atoms with Gasteiger partial charge in [-0.2, -0.15) is 5.10 Å². The lowest BCUT2D eigenvalue weighted by Gasteiger charge is -2.04. The predicted octanol–water partition coefficient (Wildman–Crippen LogP) is 1.16. The fraction of sp³-hybridized carbons (Fsp3) is 0.500. The molecule has 1 unspecified atom stereocenters. The summed E-state index contributed by atoms with van der Waals surface area (Å²) < 4.78 is 25.3. The van der Waals surface area contributed by atoms with Crippen LogP contribution in [0.15, 0.2) is 18.3 Å². The van der Waals surface area contributed by atoms with Crippen molar-refractivity contribution in [3.8, 4) is 0 Å². The fourth-order valence-electron chi connectivity index (χ4n) is 2.41. The van der Waals surface area contributed by atoms with Gasteiger partial charge in [-0.05, 0) is 31.4 Å². The Morgan fingerprint density at radius 1 is 1.44 bits per heavy atom. The van der Waals surface area contributed by atoms with Crippen LogP contribution in [-0.2, 0) is 16.3 Å². The van der Waals surface area contributed by atoms with E-state index in [2.05, 4.69) is 10.1 Å². The summed E-state index contributed by atoms with van der Waals surface area (Å²) in [6.07, 6.45) is 3.83. The van der Waals surface area contributed by atoms with Crippen LogP contribution in [0.1, 0.15) is 24.2 Å². The number of fused-ring (bicyclic) bond motifs is 1. The van der Waals surface area contributed by atoms with E-state index in [1.54, 1.807) is 4.52 Å². The first kappa shape index (κ1) is 11.6. The zero-order valence-corrected chi connectivity index (χ0v) is 11.0. The van der Waals surface area contributed by atoms with Crippen LogP contribution in [0.2, 0.25) is 0 Å². The molecule has 1 atom stereocenters. The highest BCUT2D eigenvalue weighted by Gasteiger charge is 2.32. The molecule has 3 heterocycles. The zero-order chi connectivity index (χ0) is 12.8. The third-order valence-corrected chi connectivity index (χ3v) is 5.67. The molecule has 0 radical (unpaired) electrons. The Morgan fingerprint density at radius 2 is 2.28 bits per heavy atom. The first-order chi connectivity index (χ1) is 8.54. The maximum Gasteiger partial charge on any atom is 0.155 e. The lowest BCUT2D eigenvalue weighted by molar-refractivity contribution is 0.586. The Hall–Kier alpha value is -1.43. The molecular weight excluding hydrogens is 250 g/mol. The molecule has 1 saturated heterocycles. The number of aryl methyl sites for hydroxylation is 1. The highest BCUT2D eigenvalue weighted by atomic mass is 32.2. The number of aromatic nitrogens is 3. The molecule has 96 valence electrons. The van der Waals surface area contributed by atoms with Gasteiger partial charge in [-0.3, -0.25) is 0 Å². The summed E-state index contributed by atoms with van der Waals surface area (Å²) in [5.41, 5.74) is 1.87. The van der Waals surface area contributed by atoms with E-state index in [1.165, 1.54) is 0 Å². The SMILES string of the molecule is Cc1ccc2nc(CC3CCCS3(=O)=O)nn2c1. The van der Waals surface area contributed by atoms with E-state index in [0.29, 0.717) is 18.0 Å². The van der Waals surface area contributed by atoms with Crippen molar-refractivity contribution in [2.75, 3.05) is 5.75 Å². The summed E-state index contributed by atoms with van der Waals surface area (Å²) >= 11 is 0. The van der Waals surface area contributed by atoms with Gasteiger partial charge in [-0.15, -0.1) is 0 Å². The fourth-order valence-corrected chi connectivity index (χ4v) is 4.24. The molecule has 1 aliphatic rings. The smallest absolute Gasteiger partial charge is 0.155 e. The van der Waals surface area contributed by atoms with E-state index in [1.807, 2.05) is 25.3 Å². The number of rotatable bonds is 2. The third kappa shape index (κ3) is 2.01. The van der Waals surface area contributed by atoms with Crippen LogP contribution in [0.5, 0.6) is 0 Å². The van der Waals surface area contributed by atoms with Crippen LogP contribution >= 0.6 is 0 Å². The molecule has 2 aromatic heterocycles. The first-order valence-electron chi connectivity index (χ1n) is 6.08. The molecule has 2 aromatic rings. The van der Waals surface area contributed by atoms with Crippen molar-refractivity contribution >= 4 is 15.5 Å². The van der Waals surface area contributed by atoms with Gasteiger partial charge in [0.1, 0.15) is 0 Å². The number of hydrogen-bond acceptors (Lipinski definition) is 4. The maximum atomic E-state index is 11.8. The van der Waals surface area contributed by atoms with Gasteiger partial charge in [0.2, 0.25) is 0 Å². The summed E-state index contributed by atoms with van der Waals surface area (Å²) in [6, 6.07) is 3.87. The van der Waals surface area contributed by atoms with E-state index in [0.717, 1.165) is 24.1 Å². The van der Waals surface area contributed by atoms with E-state index < -0.39 is 9.84 Å². The summed E-state index contributed by atoms with van der Waals surface area (Å²) in [4.78, 5) is 4.37. The first-order valence-corrected chi connectivity index (χ1v) is 7.80. The van der Waals surface area contributed by atoms with Gasteiger partial charge < -0.3 is 0 Å². The van der Waals surface area contributed by atoms with E-state index in [-0.39, 0.29) is 5.25 Å². The van der Waals surface area contributed by atoms with Crippen LogP contribution < -0.4 is 0 Å². The van der Waals surface area contributed by atoms with Gasteiger partial charge in [0.15, 0.2) is 21.3 Å². The molecule has 0 spiro atoms. The van der Waals surface area contributed by atoms with Gasteiger partial charge >= 0.3 is 0 Å². The van der Waals surface area contributed by atoms with Crippen molar-refractivity contribution in [2.24, 2.45) is 0 Å². The lowest BCUT2D eigenvalue weighted by atomic mass is 10.2. The molecular formula is C12H15N3O2S. The van der Waals surface area contributed by atoms with Gasteiger partial charge in [-0.25, -0.2) is 17.9 Å². The molecule has 0 aliphatic carbocycles. The summed E-state index contributed by atoms with van der Waals surface area (Å²) in [5, 5.41) is 4.05. The monoisotopic (exact) mass is 265 g/mol. The Balaban J connectivity index is 1.91. The van der Waals surface area contributed by atoms with Crippen molar-refractivity contribution in [1.29, 1.82) is 0 Å². The molecule has 18 heavy (non-hydrogen) atoms. The second-order valence-corrected chi connectivity index (χ2v) is 7.27. The zero-order valence-electron chi connectivity index (χ0n) is 10.2. The van der Waals surface area contributed by atoms with E-state index in [4.69, 9.17) is 0 Å². The Kier molecular flexibility index (Phi) is 2.62. The van der Waals surface area contributed by atoms with Crippen LogP contribution in [-0.4, -0.2) is 34.0 Å². The highest BCUT2D eigenvalue weighted by molar-refractivity contribution is 7.92. The topological polar surface area (TPSA) is 64.3 Å². The van der Waals surface area contributed by atoms with Crippen molar-refractivity contribution in [3.05, 3.63) is 29.7 Å². The minimum absolute atomic E-state index is 0.295. The quantitative estimate of drug-likeness (QED) is 0.817. The average molecular weight is 265 g/mol. The minimum atomic E-state index is -2.92. The second kappa shape index (κ2) is 4.05. The standard InChI is InChI=1S/C12H15N3O2S/c1-9-4-5-12-13-11(14-15(12)8-9)7-10-3-2-6-18(10,16)17/h4-5,8,10H,2-3,6-7H2,1H3. The summed E-state index contributed by atoms with van der Waals surface area (Å²) in [7, 11) is -2.92. The predicted molar refractivity (Wildman–Crippen MR) is 68.2 cm³/mol. The highest BCUT2D eigenvalue weighted by Crippen LogP contribution is 2.22. The Bertz CT molecular complexity index is 690. The van der Waals surface area contributed by atoms with Crippen molar-refractivity contribution < 1.29 is 8.42 Å². The Labute approximate surface area is 106 Å². The summed E-state index contributed by atoms with van der Waals surface area (Å²) in [6.45, 7) is 1.99. The third-order valence-electron chi connectivity index (χ3n) is 3.40. The largest absolute Gasteiger partial charge is 0.229 e. The normalized spacial score (nSPS) is 22.6. The number of sulfone groups is 1. The summed E-state index contributed by atoms with van der Waals surface area (Å²) in [5.74, 6) is 0.931. The van der Waals surface area contributed by atoms with Crippen molar-refractivity contribution in [1.82, 2.24) is 14.6 Å². The van der Waals surface area contributed by atoms with Crippen LogP contribution in [0.25, 0.3) is 5.65 Å². The molecule has 0 N–H and O–H groups in total. The van der Waals surface area contributed by atoms with Crippen molar-refractivity contribution in [2.45, 2.75) is 31.4 Å². The van der Waals surface area contributed by atoms with Gasteiger partial charge in [0, 0.05) is 12.6 Å². The number of pyridine rings is 1. The molecule has 6 heteroatoms. The van der Waals surface area contributed by atoms with Gasteiger partial charge in [0.05, 0.1) is 11.0 Å². The average Bonchev–Trinajstić information content (AvgIpc) is 2.82. The lowest BCUT2D eigenvalue weighted by Crippen LogP contribution is -2.19. The molecule has 0 bridgehead atoms. The number of nitrogens with zero attached hydrogens (tertiary/aromatic N) is 3. The number of hydrogen-bond donors (Lipinski definition) is 0. The molecule has 5 nitrogen and oxygen atoms in total. The maximum absolute atomic E-state index is 11.8. The molecule has 3 rings (SSSR count). The van der Waals surface area contributed by atoms with E-state index >= 15 is 0 Å². The second-order valence-electron chi connectivity index (χ2n) is 4.87. The Morgan fingerprint density at radius 3 is 3.00 bits per heavy atom. The molecule has 0 aromatic carbocycles. The van der Waals surface area contributed by atoms with E-state index in [9.17, 15) is 8.42 Å². The van der Waals surface area contributed by atoms with Crippen molar-refractivity contribution in [3.63, 3.8) is 0 Å². The minimum Gasteiger partial charge on any atom is -0.229 e. The molecule has 0 saturated carbocycles. The molecule has 1 fully saturated rings. The van der Waals surface area contributed by atoms with Gasteiger partial charge in [-0.1, -0.05) is 6.07 Å². The molecule has 1 aliphatic heterocycles. The van der Waals surface area contributed by atoms with Crippen LogP contribution in [0.3, 0.4) is 0 Å². The molecule has 0 amide bonds. The van der Waals surface area contributed by atoms with Gasteiger partial charge in [0.25, 0.3) is 0 Å².